The number of hydrogen-bond acceptors (Lipinski definition) is 6. The third-order valence-electron chi connectivity index (χ3n) is 4.61. The molecule has 0 bridgehead atoms. The Kier molecular flexibility index (Phi) is 6.80. The van der Waals surface area contributed by atoms with Gasteiger partial charge in [0, 0.05) is 25.0 Å². The Morgan fingerprint density at radius 2 is 1.73 bits per heavy atom. The Morgan fingerprint density at radius 1 is 1.10 bits per heavy atom. The molecule has 0 N–H and O–H groups in total. The first kappa shape index (κ1) is 22.3. The molecule has 3 aromatic rings. The number of benzene rings is 2. The van der Waals surface area contributed by atoms with Crippen molar-refractivity contribution in [3.05, 3.63) is 69.8 Å². The van der Waals surface area contributed by atoms with Crippen LogP contribution in [-0.4, -0.2) is 36.5 Å². The summed E-state index contributed by atoms with van der Waals surface area (Å²) in [5.74, 6) is 1.37. The third-order valence-corrected chi connectivity index (χ3v) is 7.02. The molecule has 7 nitrogen and oxygen atoms in total. The minimum atomic E-state index is -3.62. The lowest BCUT2D eigenvalue weighted by Gasteiger charge is -2.20. The van der Waals surface area contributed by atoms with E-state index in [-0.39, 0.29) is 13.2 Å². The summed E-state index contributed by atoms with van der Waals surface area (Å²) in [5.41, 5.74) is 2.51. The molecule has 160 valence electrons. The van der Waals surface area contributed by atoms with Gasteiger partial charge in [-0.15, -0.1) is 0 Å². The maximum Gasteiger partial charge on any atom is 0.264 e. The van der Waals surface area contributed by atoms with Crippen LogP contribution in [0.25, 0.3) is 0 Å². The average molecular weight is 450 g/mol. The summed E-state index contributed by atoms with van der Waals surface area (Å²) in [6.45, 7) is 5.92. The van der Waals surface area contributed by atoms with Gasteiger partial charge in [0.2, 0.25) is 10.0 Å². The molecule has 0 radical (unpaired) electrons. The number of rotatable bonds is 8. The van der Waals surface area contributed by atoms with E-state index in [9.17, 15) is 8.42 Å². The van der Waals surface area contributed by atoms with Crippen molar-refractivity contribution in [2.75, 3.05) is 13.6 Å². The third kappa shape index (κ3) is 5.19. The van der Waals surface area contributed by atoms with E-state index in [1.807, 2.05) is 32.9 Å². The molecule has 0 saturated carbocycles. The van der Waals surface area contributed by atoms with Crippen molar-refractivity contribution in [1.29, 1.82) is 0 Å². The van der Waals surface area contributed by atoms with Crippen LogP contribution < -0.4 is 4.74 Å². The smallest absolute Gasteiger partial charge is 0.264 e. The van der Waals surface area contributed by atoms with Gasteiger partial charge in [-0.1, -0.05) is 34.5 Å². The van der Waals surface area contributed by atoms with Gasteiger partial charge in [0.25, 0.3) is 5.89 Å². The monoisotopic (exact) mass is 449 g/mol. The van der Waals surface area contributed by atoms with Crippen molar-refractivity contribution in [3.8, 4) is 5.75 Å². The number of ether oxygens (including phenoxy) is 1. The zero-order chi connectivity index (χ0) is 21.9. The molecule has 3 rings (SSSR count). The lowest BCUT2D eigenvalue weighted by Crippen LogP contribution is -2.30. The van der Waals surface area contributed by atoms with Crippen molar-refractivity contribution < 1.29 is 17.7 Å². The number of hydrogen-bond donors (Lipinski definition) is 0. The van der Waals surface area contributed by atoms with Crippen LogP contribution in [-0.2, 0) is 23.1 Å². The van der Waals surface area contributed by atoms with Crippen molar-refractivity contribution in [2.45, 2.75) is 38.7 Å². The van der Waals surface area contributed by atoms with Crippen LogP contribution in [0.15, 0.2) is 45.8 Å². The van der Waals surface area contributed by atoms with Gasteiger partial charge in [-0.25, -0.2) is 12.7 Å². The lowest BCUT2D eigenvalue weighted by atomic mass is 10.1. The molecule has 0 aliphatic rings. The van der Waals surface area contributed by atoms with E-state index in [0.29, 0.717) is 33.8 Å². The Balaban J connectivity index is 1.61. The first-order valence-electron chi connectivity index (χ1n) is 9.41. The van der Waals surface area contributed by atoms with Gasteiger partial charge in [0.05, 0.1) is 4.90 Å². The molecule has 0 atom stereocenters. The molecular weight excluding hydrogens is 426 g/mol. The van der Waals surface area contributed by atoms with E-state index < -0.39 is 10.0 Å². The molecule has 1 heterocycles. The highest BCUT2D eigenvalue weighted by Gasteiger charge is 2.25. The minimum absolute atomic E-state index is 0.116. The van der Waals surface area contributed by atoms with Gasteiger partial charge < -0.3 is 9.26 Å². The number of aromatic nitrogens is 2. The van der Waals surface area contributed by atoms with Gasteiger partial charge in [0.15, 0.2) is 12.4 Å². The fraction of sp³-hybridized carbons (Fsp3) is 0.333. The summed E-state index contributed by atoms with van der Waals surface area (Å²) in [7, 11) is -2.06. The molecule has 0 aliphatic heterocycles. The molecule has 0 saturated heterocycles. The Hall–Kier alpha value is -2.42. The maximum atomic E-state index is 13.0. The predicted octanol–water partition coefficient (Wildman–Crippen LogP) is 4.09. The normalized spacial score (nSPS) is 11.8. The Labute approximate surface area is 181 Å². The maximum absolute atomic E-state index is 13.0. The van der Waals surface area contributed by atoms with Crippen LogP contribution in [0.3, 0.4) is 0 Å². The molecule has 2 aromatic carbocycles. The van der Waals surface area contributed by atoms with Crippen molar-refractivity contribution in [3.63, 3.8) is 0 Å². The molecule has 9 heteroatoms. The zero-order valence-electron chi connectivity index (χ0n) is 17.3. The molecule has 0 fully saturated rings. The minimum Gasteiger partial charge on any atom is -0.484 e. The van der Waals surface area contributed by atoms with E-state index >= 15 is 0 Å². The highest BCUT2D eigenvalue weighted by molar-refractivity contribution is 7.89. The first-order valence-corrected chi connectivity index (χ1v) is 11.2. The molecule has 0 amide bonds. The van der Waals surface area contributed by atoms with Crippen LogP contribution in [0.4, 0.5) is 0 Å². The fourth-order valence-corrected chi connectivity index (χ4v) is 4.93. The van der Waals surface area contributed by atoms with Crippen LogP contribution >= 0.6 is 11.6 Å². The highest BCUT2D eigenvalue weighted by atomic mass is 35.5. The van der Waals surface area contributed by atoms with E-state index in [1.54, 1.807) is 31.3 Å². The molecule has 30 heavy (non-hydrogen) atoms. The van der Waals surface area contributed by atoms with Crippen LogP contribution in [0.1, 0.15) is 28.4 Å². The molecule has 1 aromatic heterocycles. The van der Waals surface area contributed by atoms with Gasteiger partial charge in [-0.3, -0.25) is 0 Å². The first-order chi connectivity index (χ1) is 14.2. The standard InChI is InChI=1S/C21H24ClN3O4S/c1-14-11-15(2)21(16(3)12-14)30(26,27)25(4)10-9-19-23-20(29-24-19)13-28-18-7-5-17(22)6-8-18/h5-8,11-12H,9-10,13H2,1-4H3. The largest absolute Gasteiger partial charge is 0.484 e. The van der Waals surface area contributed by atoms with Crippen LogP contribution in [0, 0.1) is 20.8 Å². The van der Waals surface area contributed by atoms with Crippen LogP contribution in [0.5, 0.6) is 5.75 Å². The summed E-state index contributed by atoms with van der Waals surface area (Å²) < 4.78 is 38.1. The summed E-state index contributed by atoms with van der Waals surface area (Å²) >= 11 is 5.84. The van der Waals surface area contributed by atoms with Gasteiger partial charge in [0.1, 0.15) is 5.75 Å². The molecule has 0 aliphatic carbocycles. The molecule has 0 spiro atoms. The fourth-order valence-electron chi connectivity index (χ4n) is 3.23. The van der Waals surface area contributed by atoms with Crippen LogP contribution in [0.2, 0.25) is 5.02 Å². The topological polar surface area (TPSA) is 85.5 Å². The van der Waals surface area contributed by atoms with E-state index in [2.05, 4.69) is 10.1 Å². The summed E-state index contributed by atoms with van der Waals surface area (Å²) in [5, 5.41) is 4.53. The lowest BCUT2D eigenvalue weighted by molar-refractivity contribution is 0.242. The van der Waals surface area contributed by atoms with E-state index in [4.69, 9.17) is 20.9 Å². The summed E-state index contributed by atoms with van der Waals surface area (Å²) in [6.07, 6.45) is 0.324. The Morgan fingerprint density at radius 3 is 2.37 bits per heavy atom. The molecule has 0 unspecified atom stereocenters. The van der Waals surface area contributed by atoms with Gasteiger partial charge in [-0.05, 0) is 56.2 Å². The van der Waals surface area contributed by atoms with Crippen molar-refractivity contribution in [1.82, 2.24) is 14.4 Å². The number of sulfonamides is 1. The number of nitrogens with zero attached hydrogens (tertiary/aromatic N) is 3. The number of aryl methyl sites for hydroxylation is 3. The summed E-state index contributed by atoms with van der Waals surface area (Å²) in [6, 6.07) is 10.7. The van der Waals surface area contributed by atoms with Crippen molar-refractivity contribution in [2.24, 2.45) is 0 Å². The van der Waals surface area contributed by atoms with E-state index in [1.165, 1.54) is 4.31 Å². The molecular formula is C21H24ClN3O4S. The Bertz CT molecular complexity index is 1100. The zero-order valence-corrected chi connectivity index (χ0v) is 18.9. The SMILES string of the molecule is Cc1cc(C)c(S(=O)(=O)N(C)CCc2noc(COc3ccc(Cl)cc3)n2)c(C)c1. The van der Waals surface area contributed by atoms with E-state index in [0.717, 1.165) is 16.7 Å². The number of halogens is 1. The van der Waals surface area contributed by atoms with Crippen molar-refractivity contribution >= 4 is 21.6 Å². The van der Waals surface area contributed by atoms with Gasteiger partial charge in [-0.2, -0.15) is 4.98 Å². The second kappa shape index (κ2) is 9.16. The summed E-state index contributed by atoms with van der Waals surface area (Å²) in [4.78, 5) is 4.61. The second-order valence-electron chi connectivity index (χ2n) is 7.15. The second-order valence-corrected chi connectivity index (χ2v) is 9.57. The quantitative estimate of drug-likeness (QED) is 0.514. The predicted molar refractivity (Wildman–Crippen MR) is 114 cm³/mol. The highest BCUT2D eigenvalue weighted by Crippen LogP contribution is 2.24. The number of likely N-dealkylation sites (N-methyl/N-ethyl adjacent to an activating group) is 1. The average Bonchev–Trinajstić information content (AvgIpc) is 3.12. The van der Waals surface area contributed by atoms with Gasteiger partial charge >= 0.3 is 0 Å².